The van der Waals surface area contributed by atoms with Gasteiger partial charge in [-0.3, -0.25) is 4.79 Å². The molecule has 1 amide bonds. The predicted octanol–water partition coefficient (Wildman–Crippen LogP) is 4.66. The average Bonchev–Trinajstić information content (AvgIpc) is 3.26. The summed E-state index contributed by atoms with van der Waals surface area (Å²) >= 11 is 0. The molecule has 0 aliphatic carbocycles. The SMILES string of the molecule is CCCCN(CCCC)S(=O)(=O)c1ccc(NC(=O)/C=C/c2ccc3c(c2)OCO3)cc1. The van der Waals surface area contributed by atoms with Crippen molar-refractivity contribution in [2.45, 2.75) is 44.4 Å². The Balaban J connectivity index is 1.63. The maximum Gasteiger partial charge on any atom is 0.248 e. The van der Waals surface area contributed by atoms with Crippen molar-refractivity contribution in [3.05, 3.63) is 54.1 Å². The van der Waals surface area contributed by atoms with Crippen LogP contribution in [0.5, 0.6) is 11.5 Å². The molecule has 0 aromatic heterocycles. The maximum atomic E-state index is 13.0. The quantitative estimate of drug-likeness (QED) is 0.495. The Morgan fingerprint density at radius 2 is 1.66 bits per heavy atom. The number of rotatable bonds is 11. The lowest BCUT2D eigenvalue weighted by atomic mass is 10.2. The number of fused-ring (bicyclic) bond motifs is 1. The van der Waals surface area contributed by atoms with Gasteiger partial charge >= 0.3 is 0 Å². The zero-order chi connectivity index (χ0) is 23.0. The summed E-state index contributed by atoms with van der Waals surface area (Å²) < 4.78 is 38.2. The van der Waals surface area contributed by atoms with E-state index >= 15 is 0 Å². The second-order valence-corrected chi connectivity index (χ2v) is 9.51. The van der Waals surface area contributed by atoms with Crippen molar-refractivity contribution in [3.8, 4) is 11.5 Å². The third-order valence-electron chi connectivity index (χ3n) is 5.11. The summed E-state index contributed by atoms with van der Waals surface area (Å²) in [5, 5.41) is 2.75. The fourth-order valence-corrected chi connectivity index (χ4v) is 4.77. The van der Waals surface area contributed by atoms with Crippen molar-refractivity contribution in [3.63, 3.8) is 0 Å². The second-order valence-electron chi connectivity index (χ2n) is 7.57. The highest BCUT2D eigenvalue weighted by molar-refractivity contribution is 7.89. The van der Waals surface area contributed by atoms with Crippen LogP contribution in [0.3, 0.4) is 0 Å². The van der Waals surface area contributed by atoms with E-state index in [1.54, 1.807) is 34.6 Å². The van der Waals surface area contributed by atoms with E-state index in [1.807, 2.05) is 19.9 Å². The van der Waals surface area contributed by atoms with E-state index in [2.05, 4.69) is 5.32 Å². The van der Waals surface area contributed by atoms with Gasteiger partial charge in [0.15, 0.2) is 11.5 Å². The Morgan fingerprint density at radius 1 is 1.00 bits per heavy atom. The minimum absolute atomic E-state index is 0.198. The van der Waals surface area contributed by atoms with Gasteiger partial charge in [0.25, 0.3) is 0 Å². The number of carbonyl (C=O) groups is 1. The number of unbranched alkanes of at least 4 members (excludes halogenated alkanes) is 2. The Bertz CT molecular complexity index is 1040. The lowest BCUT2D eigenvalue weighted by Gasteiger charge is -2.22. The van der Waals surface area contributed by atoms with Crippen molar-refractivity contribution in [1.29, 1.82) is 0 Å². The van der Waals surface area contributed by atoms with Gasteiger partial charge in [0.1, 0.15) is 0 Å². The molecular weight excluding hydrogens is 428 g/mol. The van der Waals surface area contributed by atoms with Gasteiger partial charge in [0, 0.05) is 24.9 Å². The van der Waals surface area contributed by atoms with Crippen LogP contribution in [0.15, 0.2) is 53.4 Å². The van der Waals surface area contributed by atoms with Crippen molar-refractivity contribution >= 4 is 27.7 Å². The van der Waals surface area contributed by atoms with Crippen molar-refractivity contribution in [2.24, 2.45) is 0 Å². The fraction of sp³-hybridized carbons (Fsp3) is 0.375. The van der Waals surface area contributed by atoms with Gasteiger partial charge in [-0.25, -0.2) is 8.42 Å². The van der Waals surface area contributed by atoms with Gasteiger partial charge in [0.05, 0.1) is 4.90 Å². The van der Waals surface area contributed by atoms with Gasteiger partial charge in [-0.15, -0.1) is 0 Å². The average molecular weight is 459 g/mol. The van der Waals surface area contributed by atoms with Gasteiger partial charge in [-0.1, -0.05) is 32.8 Å². The zero-order valence-corrected chi connectivity index (χ0v) is 19.4. The Kier molecular flexibility index (Phi) is 8.30. The highest BCUT2D eigenvalue weighted by Crippen LogP contribution is 2.32. The monoisotopic (exact) mass is 458 g/mol. The van der Waals surface area contributed by atoms with Crippen LogP contribution in [-0.2, 0) is 14.8 Å². The minimum atomic E-state index is -3.56. The van der Waals surface area contributed by atoms with E-state index in [0.29, 0.717) is 30.3 Å². The van der Waals surface area contributed by atoms with Gasteiger partial charge in [-0.05, 0) is 60.9 Å². The Labute approximate surface area is 190 Å². The first kappa shape index (κ1) is 23.8. The molecule has 0 bridgehead atoms. The number of ether oxygens (including phenoxy) is 2. The summed E-state index contributed by atoms with van der Waals surface area (Å²) in [5.74, 6) is 1.02. The third-order valence-corrected chi connectivity index (χ3v) is 7.02. The number of nitrogens with one attached hydrogen (secondary N) is 1. The molecule has 0 saturated carbocycles. The molecule has 32 heavy (non-hydrogen) atoms. The molecule has 8 heteroatoms. The standard InChI is InChI=1S/C24H30N2O5S/c1-3-5-15-26(16-6-4-2)32(28,29)21-11-9-20(10-12-21)25-24(27)14-8-19-7-13-22-23(17-19)31-18-30-22/h7-14,17H,3-6,15-16,18H2,1-2H3,(H,25,27)/b14-8+. The molecule has 0 unspecified atom stereocenters. The molecule has 1 aliphatic heterocycles. The summed E-state index contributed by atoms with van der Waals surface area (Å²) in [7, 11) is -3.56. The molecule has 2 aromatic rings. The molecule has 0 atom stereocenters. The van der Waals surface area contributed by atoms with E-state index in [4.69, 9.17) is 9.47 Å². The van der Waals surface area contributed by atoms with Crippen LogP contribution < -0.4 is 14.8 Å². The number of sulfonamides is 1. The highest BCUT2D eigenvalue weighted by atomic mass is 32.2. The molecule has 2 aromatic carbocycles. The van der Waals surface area contributed by atoms with Crippen LogP contribution in [0, 0.1) is 0 Å². The van der Waals surface area contributed by atoms with E-state index in [-0.39, 0.29) is 17.6 Å². The summed E-state index contributed by atoms with van der Waals surface area (Å²) in [4.78, 5) is 12.5. The van der Waals surface area contributed by atoms with E-state index in [0.717, 1.165) is 31.2 Å². The molecule has 3 rings (SSSR count). The van der Waals surface area contributed by atoms with Crippen LogP contribution in [0.1, 0.15) is 45.1 Å². The van der Waals surface area contributed by atoms with Crippen molar-refractivity contribution in [1.82, 2.24) is 4.31 Å². The summed E-state index contributed by atoms with van der Waals surface area (Å²) in [6.07, 6.45) is 6.61. The molecule has 0 fully saturated rings. The van der Waals surface area contributed by atoms with Crippen LogP contribution in [-0.4, -0.2) is 38.5 Å². The largest absolute Gasteiger partial charge is 0.454 e. The van der Waals surface area contributed by atoms with Crippen LogP contribution in [0.2, 0.25) is 0 Å². The lowest BCUT2D eigenvalue weighted by Crippen LogP contribution is -2.33. The molecule has 0 saturated heterocycles. The van der Waals surface area contributed by atoms with Crippen LogP contribution in [0.4, 0.5) is 5.69 Å². The summed E-state index contributed by atoms with van der Waals surface area (Å²) in [6, 6.07) is 11.7. The van der Waals surface area contributed by atoms with E-state index < -0.39 is 10.0 Å². The van der Waals surface area contributed by atoms with Gasteiger partial charge in [-0.2, -0.15) is 4.31 Å². The van der Waals surface area contributed by atoms with Crippen molar-refractivity contribution < 1.29 is 22.7 Å². The highest BCUT2D eigenvalue weighted by Gasteiger charge is 2.23. The number of carbonyl (C=O) groups excluding carboxylic acids is 1. The third kappa shape index (κ3) is 6.11. The molecule has 0 radical (unpaired) electrons. The van der Waals surface area contributed by atoms with E-state index in [1.165, 1.54) is 18.2 Å². The molecule has 0 spiro atoms. The minimum Gasteiger partial charge on any atom is -0.454 e. The maximum absolute atomic E-state index is 13.0. The number of benzene rings is 2. The normalized spacial score (nSPS) is 13.1. The number of hydrogen-bond donors (Lipinski definition) is 1. The fourth-order valence-electron chi connectivity index (χ4n) is 3.25. The molecule has 1 aliphatic rings. The Morgan fingerprint density at radius 3 is 2.31 bits per heavy atom. The first-order valence-electron chi connectivity index (χ1n) is 10.9. The number of amides is 1. The molecule has 1 heterocycles. The van der Waals surface area contributed by atoms with Crippen molar-refractivity contribution in [2.75, 3.05) is 25.2 Å². The predicted molar refractivity (Wildman–Crippen MR) is 125 cm³/mol. The topological polar surface area (TPSA) is 84.9 Å². The summed E-state index contributed by atoms with van der Waals surface area (Å²) in [6.45, 7) is 5.32. The summed E-state index contributed by atoms with van der Waals surface area (Å²) in [5.41, 5.74) is 1.34. The lowest BCUT2D eigenvalue weighted by molar-refractivity contribution is -0.111. The van der Waals surface area contributed by atoms with Crippen LogP contribution >= 0.6 is 0 Å². The second kappa shape index (κ2) is 11.2. The number of nitrogens with zero attached hydrogens (tertiary/aromatic N) is 1. The molecule has 7 nitrogen and oxygen atoms in total. The van der Waals surface area contributed by atoms with Gasteiger partial charge in [0.2, 0.25) is 22.7 Å². The smallest absolute Gasteiger partial charge is 0.248 e. The molecule has 172 valence electrons. The Hall–Kier alpha value is -2.84. The number of hydrogen-bond acceptors (Lipinski definition) is 5. The first-order chi connectivity index (χ1) is 15.4. The van der Waals surface area contributed by atoms with E-state index in [9.17, 15) is 13.2 Å². The van der Waals surface area contributed by atoms with Crippen LogP contribution in [0.25, 0.3) is 6.08 Å². The number of anilines is 1. The zero-order valence-electron chi connectivity index (χ0n) is 18.5. The van der Waals surface area contributed by atoms with Gasteiger partial charge < -0.3 is 14.8 Å². The first-order valence-corrected chi connectivity index (χ1v) is 12.4. The molecule has 1 N–H and O–H groups in total. The molecular formula is C24H30N2O5S.